The lowest BCUT2D eigenvalue weighted by molar-refractivity contribution is 0.0482. The molecule has 1 aromatic heterocycles. The fourth-order valence-corrected chi connectivity index (χ4v) is 3.41. The molecule has 0 amide bonds. The van der Waals surface area contributed by atoms with Crippen LogP contribution >= 0.6 is 24.8 Å². The molecule has 0 N–H and O–H groups in total. The minimum atomic E-state index is -0.303. The van der Waals surface area contributed by atoms with Crippen LogP contribution in [0.3, 0.4) is 0 Å². The van der Waals surface area contributed by atoms with Gasteiger partial charge in [0.15, 0.2) is 0 Å². The number of esters is 1. The molecule has 3 aromatic carbocycles. The molecule has 0 aliphatic heterocycles. The monoisotopic (exact) mass is 494 g/mol. The van der Waals surface area contributed by atoms with Crippen LogP contribution in [0.4, 0.5) is 0 Å². The largest absolute Gasteiger partial charge is 0.461 e. The van der Waals surface area contributed by atoms with Gasteiger partial charge in [0.2, 0.25) is 0 Å². The summed E-state index contributed by atoms with van der Waals surface area (Å²) in [6.45, 7) is 1.07. The summed E-state index contributed by atoms with van der Waals surface area (Å²) in [6, 6.07) is 32.1. The lowest BCUT2D eigenvalue weighted by Crippen LogP contribution is -2.20. The summed E-state index contributed by atoms with van der Waals surface area (Å²) in [5, 5.41) is 0. The Morgan fingerprint density at radius 3 is 1.68 bits per heavy atom. The molecule has 4 aromatic rings. The van der Waals surface area contributed by atoms with Gasteiger partial charge in [-0.15, -0.1) is 24.8 Å². The predicted octanol–water partition coefficient (Wildman–Crippen LogP) is 6.64. The van der Waals surface area contributed by atoms with Crippen molar-refractivity contribution in [1.82, 2.24) is 9.88 Å². The molecule has 34 heavy (non-hydrogen) atoms. The van der Waals surface area contributed by atoms with Gasteiger partial charge in [-0.1, -0.05) is 72.8 Å². The number of pyridine rings is 1. The van der Waals surface area contributed by atoms with Crippen LogP contribution in [0.15, 0.2) is 97.1 Å². The maximum absolute atomic E-state index is 12.3. The van der Waals surface area contributed by atoms with Crippen LogP contribution in [-0.2, 0) is 4.74 Å². The van der Waals surface area contributed by atoms with Crippen LogP contribution in [0.2, 0.25) is 0 Å². The Morgan fingerprint density at radius 1 is 0.706 bits per heavy atom. The number of carbonyl (C=O) groups is 1. The van der Waals surface area contributed by atoms with Gasteiger partial charge in [0.25, 0.3) is 0 Å². The second-order valence-corrected chi connectivity index (χ2v) is 7.87. The van der Waals surface area contributed by atoms with Crippen molar-refractivity contribution in [2.75, 3.05) is 27.2 Å². The molecular weight excluding hydrogens is 467 g/mol. The van der Waals surface area contributed by atoms with Crippen molar-refractivity contribution in [2.24, 2.45) is 0 Å². The number of rotatable bonds is 7. The van der Waals surface area contributed by atoms with Gasteiger partial charge in [-0.05, 0) is 49.5 Å². The predicted molar refractivity (Wildman–Crippen MR) is 144 cm³/mol. The number of hydrogen-bond acceptors (Lipinski definition) is 4. The van der Waals surface area contributed by atoms with E-state index in [1.165, 1.54) is 0 Å². The topological polar surface area (TPSA) is 42.4 Å². The molecule has 0 radical (unpaired) electrons. The second kappa shape index (κ2) is 12.9. The average Bonchev–Trinajstić information content (AvgIpc) is 2.84. The molecule has 4 nitrogen and oxygen atoms in total. The standard InChI is InChI=1S/C28H26N2O2.2ClH/c1-30(2)17-18-32-28(31)24-15-13-21(14-16-24)25-19-26(22-9-5-3-6-10-22)29-27(20-25)23-11-7-4-8-12-23;;/h3-16,19-20H,17-18H2,1-2H3;2*1H. The van der Waals surface area contributed by atoms with Crippen molar-refractivity contribution in [3.63, 3.8) is 0 Å². The Morgan fingerprint density at radius 2 is 1.21 bits per heavy atom. The molecule has 0 aliphatic rings. The summed E-state index contributed by atoms with van der Waals surface area (Å²) >= 11 is 0. The zero-order chi connectivity index (χ0) is 22.3. The zero-order valence-electron chi connectivity index (χ0n) is 19.2. The van der Waals surface area contributed by atoms with Crippen LogP contribution in [0, 0.1) is 0 Å². The third-order valence-corrected chi connectivity index (χ3v) is 5.19. The molecule has 4 rings (SSSR count). The van der Waals surface area contributed by atoms with E-state index in [0.717, 1.165) is 33.6 Å². The van der Waals surface area contributed by atoms with Gasteiger partial charge >= 0.3 is 5.97 Å². The summed E-state index contributed by atoms with van der Waals surface area (Å²) in [5.41, 5.74) is 6.56. The first-order valence-corrected chi connectivity index (χ1v) is 10.7. The number of aromatic nitrogens is 1. The summed E-state index contributed by atoms with van der Waals surface area (Å²) in [4.78, 5) is 19.2. The number of hydrogen-bond donors (Lipinski definition) is 0. The molecule has 0 saturated heterocycles. The lowest BCUT2D eigenvalue weighted by Gasteiger charge is -2.11. The van der Waals surface area contributed by atoms with E-state index in [0.29, 0.717) is 18.7 Å². The molecule has 0 bridgehead atoms. The Balaban J connectivity index is 0.00000204. The fourth-order valence-electron chi connectivity index (χ4n) is 3.41. The fraction of sp³-hybridized carbons (Fsp3) is 0.143. The number of ether oxygens (including phenoxy) is 1. The first kappa shape index (κ1) is 27.1. The van der Waals surface area contributed by atoms with E-state index in [9.17, 15) is 4.79 Å². The Bertz CT molecular complexity index is 1120. The summed E-state index contributed by atoms with van der Waals surface area (Å²) in [6.07, 6.45) is 0. The van der Waals surface area contributed by atoms with Gasteiger partial charge < -0.3 is 9.64 Å². The van der Waals surface area contributed by atoms with Gasteiger partial charge in [0, 0.05) is 17.7 Å². The van der Waals surface area contributed by atoms with E-state index < -0.39 is 0 Å². The molecule has 0 atom stereocenters. The summed E-state index contributed by atoms with van der Waals surface area (Å²) in [7, 11) is 3.90. The van der Waals surface area contributed by atoms with Crippen LogP contribution in [0.25, 0.3) is 33.6 Å². The first-order valence-electron chi connectivity index (χ1n) is 10.7. The van der Waals surface area contributed by atoms with Crippen LogP contribution in [0.1, 0.15) is 10.4 Å². The summed E-state index contributed by atoms with van der Waals surface area (Å²) in [5.74, 6) is -0.303. The maximum atomic E-state index is 12.3. The molecular formula is C28H28Cl2N2O2. The van der Waals surface area contributed by atoms with E-state index in [1.807, 2.05) is 79.7 Å². The number of benzene rings is 3. The molecule has 0 unspecified atom stereocenters. The Kier molecular flexibility index (Phi) is 10.3. The van der Waals surface area contributed by atoms with E-state index in [1.54, 1.807) is 0 Å². The van der Waals surface area contributed by atoms with Crippen molar-refractivity contribution in [2.45, 2.75) is 0 Å². The molecule has 0 saturated carbocycles. The Hall–Kier alpha value is -3.18. The van der Waals surface area contributed by atoms with Crippen molar-refractivity contribution >= 4 is 30.8 Å². The molecule has 176 valence electrons. The second-order valence-electron chi connectivity index (χ2n) is 7.87. The van der Waals surface area contributed by atoms with Gasteiger partial charge in [-0.25, -0.2) is 9.78 Å². The molecule has 0 spiro atoms. The highest BCUT2D eigenvalue weighted by Crippen LogP contribution is 2.30. The highest BCUT2D eigenvalue weighted by molar-refractivity contribution is 5.90. The van der Waals surface area contributed by atoms with Gasteiger partial charge in [-0.3, -0.25) is 0 Å². The molecule has 0 fully saturated rings. The molecule has 0 aliphatic carbocycles. The van der Waals surface area contributed by atoms with Crippen LogP contribution in [-0.4, -0.2) is 43.1 Å². The highest BCUT2D eigenvalue weighted by atomic mass is 35.5. The third-order valence-electron chi connectivity index (χ3n) is 5.19. The molecule has 6 heteroatoms. The number of halogens is 2. The molecule has 1 heterocycles. The average molecular weight is 495 g/mol. The van der Waals surface area contributed by atoms with Crippen molar-refractivity contribution < 1.29 is 9.53 Å². The number of likely N-dealkylation sites (N-methyl/N-ethyl adjacent to an activating group) is 1. The number of nitrogens with zero attached hydrogens (tertiary/aromatic N) is 2. The minimum Gasteiger partial charge on any atom is -0.461 e. The quantitative estimate of drug-likeness (QED) is 0.270. The van der Waals surface area contributed by atoms with Gasteiger partial charge in [-0.2, -0.15) is 0 Å². The van der Waals surface area contributed by atoms with Crippen LogP contribution < -0.4 is 0 Å². The summed E-state index contributed by atoms with van der Waals surface area (Å²) < 4.78 is 5.35. The van der Waals surface area contributed by atoms with Crippen molar-refractivity contribution in [3.05, 3.63) is 103 Å². The van der Waals surface area contributed by atoms with Gasteiger partial charge in [0.1, 0.15) is 6.61 Å². The van der Waals surface area contributed by atoms with E-state index >= 15 is 0 Å². The normalized spacial score (nSPS) is 10.2. The van der Waals surface area contributed by atoms with Crippen molar-refractivity contribution in [1.29, 1.82) is 0 Å². The Labute approximate surface area is 213 Å². The van der Waals surface area contributed by atoms with E-state index in [4.69, 9.17) is 9.72 Å². The number of carbonyl (C=O) groups excluding carboxylic acids is 1. The SMILES string of the molecule is CN(C)CCOC(=O)c1ccc(-c2cc(-c3ccccc3)nc(-c3ccccc3)c2)cc1.Cl.Cl. The highest BCUT2D eigenvalue weighted by Gasteiger charge is 2.11. The minimum absolute atomic E-state index is 0. The van der Waals surface area contributed by atoms with E-state index in [2.05, 4.69) is 36.4 Å². The van der Waals surface area contributed by atoms with Crippen molar-refractivity contribution in [3.8, 4) is 33.6 Å². The smallest absolute Gasteiger partial charge is 0.338 e. The third kappa shape index (κ3) is 6.91. The zero-order valence-corrected chi connectivity index (χ0v) is 20.8. The van der Waals surface area contributed by atoms with E-state index in [-0.39, 0.29) is 30.8 Å². The first-order chi connectivity index (χ1) is 15.6. The lowest BCUT2D eigenvalue weighted by atomic mass is 9.99. The maximum Gasteiger partial charge on any atom is 0.338 e. The van der Waals surface area contributed by atoms with Crippen LogP contribution in [0.5, 0.6) is 0 Å². The van der Waals surface area contributed by atoms with Gasteiger partial charge in [0.05, 0.1) is 17.0 Å².